The number of anilines is 1. The van der Waals surface area contributed by atoms with E-state index in [1.54, 1.807) is 12.1 Å². The number of nitrogens with one attached hydrogen (secondary N) is 1. The van der Waals surface area contributed by atoms with Crippen LogP contribution in [0.2, 0.25) is 0 Å². The van der Waals surface area contributed by atoms with Crippen molar-refractivity contribution in [2.45, 2.75) is 51.6 Å². The molecule has 12 heteroatoms. The molecule has 0 bridgehead atoms. The van der Waals surface area contributed by atoms with Gasteiger partial charge >= 0.3 is 6.03 Å². The van der Waals surface area contributed by atoms with Gasteiger partial charge in [-0.25, -0.2) is 4.79 Å². The molecule has 4 amide bonds. The zero-order valence-corrected chi connectivity index (χ0v) is 22.5. The number of carbonyl (C=O) groups is 3. The molecule has 5 rings (SSSR count). The van der Waals surface area contributed by atoms with Gasteiger partial charge in [0, 0.05) is 38.6 Å². The molecule has 0 saturated carbocycles. The molecule has 11 nitrogen and oxygen atoms in total. The number of aromatic hydroxyl groups is 1. The van der Waals surface area contributed by atoms with Crippen LogP contribution in [0.15, 0.2) is 28.0 Å². The zero-order chi connectivity index (χ0) is 27.5. The van der Waals surface area contributed by atoms with Crippen LogP contribution in [0, 0.1) is 10.2 Å². The Morgan fingerprint density at radius 1 is 1.21 bits per heavy atom. The van der Waals surface area contributed by atoms with E-state index in [1.807, 2.05) is 19.9 Å². The predicted molar refractivity (Wildman–Crippen MR) is 144 cm³/mol. The van der Waals surface area contributed by atoms with Crippen LogP contribution in [0.1, 0.15) is 50.3 Å². The number of benzene rings is 1. The first-order valence-electron chi connectivity index (χ1n) is 12.6. The van der Waals surface area contributed by atoms with E-state index in [9.17, 15) is 24.3 Å². The number of nitrogens with zero attached hydrogens (tertiary/aromatic N) is 5. The second-order valence-corrected chi connectivity index (χ2v) is 10.6. The summed E-state index contributed by atoms with van der Waals surface area (Å²) < 4.78 is 1.62. The minimum atomic E-state index is -1.40. The maximum absolute atomic E-state index is 13.6. The third-order valence-corrected chi connectivity index (χ3v) is 8.44. The molecule has 3 aliphatic rings. The van der Waals surface area contributed by atoms with Crippen molar-refractivity contribution in [3.63, 3.8) is 0 Å². The minimum absolute atomic E-state index is 0.0212. The van der Waals surface area contributed by atoms with Gasteiger partial charge in [0.25, 0.3) is 5.56 Å². The van der Waals surface area contributed by atoms with Crippen LogP contribution in [0.3, 0.4) is 0 Å². The van der Waals surface area contributed by atoms with Crippen molar-refractivity contribution in [3.05, 3.63) is 44.5 Å². The third kappa shape index (κ3) is 3.61. The van der Waals surface area contributed by atoms with Crippen LogP contribution in [0.5, 0.6) is 5.88 Å². The van der Waals surface area contributed by atoms with E-state index >= 15 is 0 Å². The highest BCUT2D eigenvalue weighted by atomic mass is 32.1. The summed E-state index contributed by atoms with van der Waals surface area (Å²) in [4.78, 5) is 63.3. The number of H-pyrrole nitrogens is 1. The fourth-order valence-electron chi connectivity index (χ4n) is 5.98. The number of amides is 4. The van der Waals surface area contributed by atoms with Gasteiger partial charge in [-0.1, -0.05) is 6.92 Å². The maximum Gasteiger partial charge on any atom is 0.332 e. The highest BCUT2D eigenvalue weighted by Gasteiger charge is 2.63. The molecule has 0 aliphatic carbocycles. The molecule has 2 saturated heterocycles. The van der Waals surface area contributed by atoms with Gasteiger partial charge in [-0.3, -0.25) is 38.7 Å². The summed E-state index contributed by atoms with van der Waals surface area (Å²) in [5.41, 5.74) is 0.185. The molecule has 4 heterocycles. The number of urea groups is 1. The lowest BCUT2D eigenvalue weighted by Crippen LogP contribution is -2.70. The SMILES string of the molecule is CC[C@H](C)n1c(O)c(C=Nc2ccc3c(c2)CC2(C(=O)N(C)C(=O)N(C)C2=O)[C@@H]2CCCN32)c(=O)[nH]c1=S. The highest BCUT2D eigenvalue weighted by Crippen LogP contribution is 2.49. The Bertz CT molecular complexity index is 1490. The van der Waals surface area contributed by atoms with Gasteiger partial charge < -0.3 is 10.0 Å². The Balaban J connectivity index is 1.57. The summed E-state index contributed by atoms with van der Waals surface area (Å²) in [6.07, 6.45) is 3.62. The van der Waals surface area contributed by atoms with Crippen molar-refractivity contribution in [2.24, 2.45) is 10.4 Å². The first-order valence-corrected chi connectivity index (χ1v) is 13.1. The van der Waals surface area contributed by atoms with Crippen molar-refractivity contribution in [1.82, 2.24) is 19.4 Å². The Morgan fingerprint density at radius 2 is 1.89 bits per heavy atom. The summed E-state index contributed by atoms with van der Waals surface area (Å²) in [6, 6.07) is 4.38. The largest absolute Gasteiger partial charge is 0.494 e. The van der Waals surface area contributed by atoms with Crippen LogP contribution in [0.4, 0.5) is 16.2 Å². The van der Waals surface area contributed by atoms with Gasteiger partial charge in [0.05, 0.1) is 11.7 Å². The van der Waals surface area contributed by atoms with E-state index in [0.717, 1.165) is 27.5 Å². The fraction of sp³-hybridized carbons (Fsp3) is 0.462. The standard InChI is InChI=1S/C26H30N6O5S/c1-5-14(2)32-21(34)17(20(33)28-24(32)38)13-27-16-8-9-18-15(11-16)12-26(19-7-6-10-31(18)19)22(35)29(3)25(37)30(4)23(26)36/h8-9,11,13-14,19,34H,5-7,10,12H2,1-4H3,(H,28,33,38)/t14-,19-/m0/s1. The van der Waals surface area contributed by atoms with Crippen LogP contribution in [0.25, 0.3) is 0 Å². The van der Waals surface area contributed by atoms with Crippen LogP contribution in [-0.2, 0) is 16.0 Å². The Kier molecular flexibility index (Phi) is 6.25. The van der Waals surface area contributed by atoms with Gasteiger partial charge in [-0.15, -0.1) is 0 Å². The Hall–Kier alpha value is -3.80. The number of aromatic nitrogens is 2. The molecular weight excluding hydrogens is 508 g/mol. The number of barbiturate groups is 1. The number of imide groups is 2. The van der Waals surface area contributed by atoms with Gasteiger partial charge in [-0.2, -0.15) is 0 Å². The lowest BCUT2D eigenvalue weighted by molar-refractivity contribution is -0.159. The monoisotopic (exact) mass is 538 g/mol. The molecule has 1 aromatic heterocycles. The molecular formula is C26H30N6O5S. The van der Waals surface area contributed by atoms with Gasteiger partial charge in [0.15, 0.2) is 10.2 Å². The summed E-state index contributed by atoms with van der Waals surface area (Å²) in [7, 11) is 2.82. The smallest absolute Gasteiger partial charge is 0.332 e. The van der Waals surface area contributed by atoms with Crippen molar-refractivity contribution in [2.75, 3.05) is 25.5 Å². The molecule has 3 aliphatic heterocycles. The lowest BCUT2D eigenvalue weighted by Gasteiger charge is -2.50. The van der Waals surface area contributed by atoms with Crippen LogP contribution in [-0.4, -0.2) is 75.2 Å². The highest BCUT2D eigenvalue weighted by molar-refractivity contribution is 7.71. The molecule has 200 valence electrons. The number of hydrogen-bond donors (Lipinski definition) is 2. The number of aliphatic imine (C=N–C) groups is 1. The Morgan fingerprint density at radius 3 is 2.55 bits per heavy atom. The van der Waals surface area contributed by atoms with E-state index in [4.69, 9.17) is 12.2 Å². The number of rotatable bonds is 4. The van der Waals surface area contributed by atoms with Gasteiger partial charge in [0.2, 0.25) is 17.7 Å². The topological polar surface area (TPSA) is 131 Å². The van der Waals surface area contributed by atoms with E-state index in [1.165, 1.54) is 24.9 Å². The molecule has 1 spiro atoms. The predicted octanol–water partition coefficient (Wildman–Crippen LogP) is 2.89. The van der Waals surface area contributed by atoms with E-state index in [-0.39, 0.29) is 34.7 Å². The summed E-state index contributed by atoms with van der Waals surface area (Å²) >= 11 is 5.23. The van der Waals surface area contributed by atoms with E-state index in [0.29, 0.717) is 25.1 Å². The van der Waals surface area contributed by atoms with E-state index in [2.05, 4.69) is 14.9 Å². The lowest BCUT2D eigenvalue weighted by atomic mass is 9.68. The van der Waals surface area contributed by atoms with Crippen LogP contribution >= 0.6 is 12.2 Å². The summed E-state index contributed by atoms with van der Waals surface area (Å²) in [6.45, 7) is 4.52. The molecule has 2 aromatic rings. The minimum Gasteiger partial charge on any atom is -0.494 e. The van der Waals surface area contributed by atoms with Crippen LogP contribution < -0.4 is 10.5 Å². The summed E-state index contributed by atoms with van der Waals surface area (Å²) in [5.74, 6) is -1.24. The first kappa shape index (κ1) is 25.8. The normalized spacial score (nSPS) is 21.4. The average Bonchev–Trinajstić information content (AvgIpc) is 3.40. The van der Waals surface area contributed by atoms with Crippen molar-refractivity contribution in [3.8, 4) is 5.88 Å². The molecule has 0 unspecified atom stereocenters. The first-order chi connectivity index (χ1) is 18.0. The molecule has 38 heavy (non-hydrogen) atoms. The van der Waals surface area contributed by atoms with E-state index < -0.39 is 28.8 Å². The molecule has 2 atom stereocenters. The zero-order valence-electron chi connectivity index (χ0n) is 21.7. The fourth-order valence-corrected chi connectivity index (χ4v) is 6.34. The molecule has 1 aromatic carbocycles. The number of carbonyl (C=O) groups excluding carboxylic acids is 3. The molecule has 2 fully saturated rings. The Labute approximate surface area is 224 Å². The third-order valence-electron chi connectivity index (χ3n) is 8.14. The van der Waals surface area contributed by atoms with Gasteiger partial charge in [-0.05, 0) is 68.6 Å². The number of fused-ring (bicyclic) bond motifs is 4. The average molecular weight is 539 g/mol. The second kappa shape index (κ2) is 9.19. The molecule has 2 N–H and O–H groups in total. The quantitative estimate of drug-likeness (QED) is 0.348. The number of hydrogen-bond acceptors (Lipinski definition) is 8. The summed E-state index contributed by atoms with van der Waals surface area (Å²) in [5, 5.41) is 10.8. The molecule has 0 radical (unpaired) electrons. The van der Waals surface area contributed by atoms with Crippen molar-refractivity contribution in [1.29, 1.82) is 0 Å². The number of aromatic amines is 1. The maximum atomic E-state index is 13.6. The second-order valence-electron chi connectivity index (χ2n) is 10.2. The van der Waals surface area contributed by atoms with Crippen molar-refractivity contribution >= 4 is 47.7 Å². The van der Waals surface area contributed by atoms with Gasteiger partial charge in [0.1, 0.15) is 5.56 Å². The van der Waals surface area contributed by atoms with Crippen molar-refractivity contribution < 1.29 is 19.5 Å².